The van der Waals surface area contributed by atoms with Crippen LogP contribution in [-0.2, 0) is 25.1 Å². The molecular weight excluding hydrogens is 936 g/mol. The van der Waals surface area contributed by atoms with Crippen molar-refractivity contribution >= 4 is 75.8 Å². The van der Waals surface area contributed by atoms with Gasteiger partial charge in [0.25, 0.3) is 0 Å². The van der Waals surface area contributed by atoms with Crippen LogP contribution in [0.3, 0.4) is 0 Å². The Morgan fingerprint density at radius 3 is 2.58 bits per heavy atom. The van der Waals surface area contributed by atoms with E-state index in [-0.39, 0.29) is 43.0 Å². The molecule has 20 heteroatoms. The second-order valence-electron chi connectivity index (χ2n) is 17.8. The molecule has 3 fully saturated rings. The van der Waals surface area contributed by atoms with Crippen molar-refractivity contribution in [3.05, 3.63) is 75.1 Å². The lowest BCUT2D eigenvalue weighted by atomic mass is 10.0. The van der Waals surface area contributed by atoms with Crippen molar-refractivity contribution in [3.8, 4) is 22.9 Å². The molecule has 0 radical (unpaired) electrons. The van der Waals surface area contributed by atoms with Gasteiger partial charge in [-0.15, -0.1) is 11.3 Å². The van der Waals surface area contributed by atoms with Crippen molar-refractivity contribution in [2.24, 2.45) is 5.92 Å². The van der Waals surface area contributed by atoms with Gasteiger partial charge in [-0.2, -0.15) is 0 Å². The number of nitrogens with one attached hydrogen (secondary N) is 3. The van der Waals surface area contributed by atoms with Crippen LogP contribution in [0, 0.1) is 17.6 Å². The predicted molar refractivity (Wildman–Crippen MR) is 249 cm³/mol. The molecule has 8 rings (SSSR count). The molecule has 2 aliphatic heterocycles. The summed E-state index contributed by atoms with van der Waals surface area (Å²) in [5.41, 5.74) is 0.681. The number of alkyl carbamates (subject to hydrolysis) is 1. The quantitative estimate of drug-likeness (QED) is 0.0638. The molecule has 354 valence electrons. The molecule has 66 heavy (non-hydrogen) atoms. The number of fused-ring (bicyclic) bond motifs is 3. The Hall–Kier alpha value is -4.54. The number of pyridine rings is 1. The van der Waals surface area contributed by atoms with Gasteiger partial charge in [0.05, 0.1) is 36.0 Å². The maximum atomic E-state index is 15.2. The van der Waals surface area contributed by atoms with Crippen LogP contribution in [0.5, 0.6) is 11.5 Å². The number of ether oxygens (including phenoxy) is 3. The Kier molecular flexibility index (Phi) is 14.5. The van der Waals surface area contributed by atoms with E-state index in [1.165, 1.54) is 23.3 Å². The number of benzene rings is 2. The van der Waals surface area contributed by atoms with E-state index in [0.717, 1.165) is 37.8 Å². The molecule has 1 saturated heterocycles. The third kappa shape index (κ3) is 10.2. The van der Waals surface area contributed by atoms with Crippen LogP contribution in [-0.4, -0.2) is 86.9 Å². The lowest BCUT2D eigenvalue weighted by Gasteiger charge is -2.31. The number of amides is 3. The van der Waals surface area contributed by atoms with Crippen molar-refractivity contribution in [1.82, 2.24) is 25.5 Å². The third-order valence-electron chi connectivity index (χ3n) is 12.7. The van der Waals surface area contributed by atoms with E-state index >= 15 is 8.78 Å². The highest BCUT2D eigenvalue weighted by atomic mass is 35.5. The number of methoxy groups -OCH3 is 1. The van der Waals surface area contributed by atoms with Crippen LogP contribution in [0.25, 0.3) is 22.3 Å². The average Bonchev–Trinajstić information content (AvgIpc) is 3.69. The minimum atomic E-state index is -4.69. The van der Waals surface area contributed by atoms with Gasteiger partial charge in [-0.1, -0.05) is 48.2 Å². The molecule has 2 saturated carbocycles. The van der Waals surface area contributed by atoms with Crippen LogP contribution in [0.1, 0.15) is 90.0 Å². The van der Waals surface area contributed by atoms with E-state index < -0.39 is 83.0 Å². The monoisotopic (exact) mass is 988 g/mol. The molecule has 0 spiro atoms. The fourth-order valence-corrected chi connectivity index (χ4v) is 12.9. The summed E-state index contributed by atoms with van der Waals surface area (Å²) in [6.45, 7) is 3.88. The number of hydrogen-bond donors (Lipinski definition) is 4. The lowest BCUT2D eigenvalue weighted by molar-refractivity contribution is -0.140. The van der Waals surface area contributed by atoms with E-state index in [0.29, 0.717) is 64.6 Å². The molecular formula is C46H53Cl2F2N6O8PS. The highest BCUT2D eigenvalue weighted by Crippen LogP contribution is 2.71. The third-order valence-corrected chi connectivity index (χ3v) is 16.8. The number of hydrogen-bond acceptors (Lipinski definition) is 11. The Bertz CT molecular complexity index is 2580. The minimum absolute atomic E-state index is 0.00558. The highest BCUT2D eigenvalue weighted by Gasteiger charge is 2.66. The number of thiazole rings is 1. The van der Waals surface area contributed by atoms with Gasteiger partial charge in [-0.05, 0) is 89.5 Å². The largest absolute Gasteiger partial charge is 0.495 e. The van der Waals surface area contributed by atoms with Crippen LogP contribution in [0.2, 0.25) is 10.0 Å². The Balaban J connectivity index is 1.15. The second kappa shape index (κ2) is 20.0. The van der Waals surface area contributed by atoms with E-state index in [4.69, 9.17) is 47.4 Å². The van der Waals surface area contributed by atoms with Crippen molar-refractivity contribution in [2.45, 2.75) is 126 Å². The SMILES string of the molecule is COc1ccc2c(O[C@@H]3C[C@H]4C(=O)N[C@]5(P(=O)(O)Cc6c(F)ccc(Cl)c6F)C[C@H]5/C=C\CCCCC[C@H](NC(=O)OC5CCCC5)C(=O)N4C3)cc(-c3csc(NC(C)C)n3)nc2c1Cl. The van der Waals surface area contributed by atoms with Gasteiger partial charge in [0.1, 0.15) is 63.4 Å². The fraction of sp³-hybridized carbons (Fsp3) is 0.500. The fourth-order valence-electron chi connectivity index (χ4n) is 9.20. The van der Waals surface area contributed by atoms with E-state index in [1.54, 1.807) is 24.3 Å². The van der Waals surface area contributed by atoms with Gasteiger partial charge in [0, 0.05) is 40.8 Å². The number of rotatable bonds is 11. The molecule has 2 aromatic carbocycles. The number of carbonyl (C=O) groups excluding carboxylic acids is 3. The zero-order chi connectivity index (χ0) is 46.9. The predicted octanol–water partition coefficient (Wildman–Crippen LogP) is 9.98. The van der Waals surface area contributed by atoms with E-state index in [1.807, 2.05) is 25.3 Å². The molecule has 4 aromatic rings. The standard InChI is InChI=1S/C46H53Cl2F2N6O8PS/c1-25(2)51-44-53-35(24-66-44)34-20-38(29-15-18-37(62-3)39(48)41(29)52-34)63-28-19-36-42(57)55-46(65(60,61)23-30-32(49)17-16-31(47)40(30)50)21-26(46)11-7-5-4-6-8-14-33(43(58)56(36)22-28)54-45(59)64-27-12-9-10-13-27/h7,11,15-18,20,24-28,33,36H,4-6,8-10,12-14,19,21-23H2,1-3H3,(H,51,53)(H,54,59)(H,55,57)(H,60,61)/b11-7-/t26-,28-,33+,36+,46+/m1/s1. The van der Waals surface area contributed by atoms with Crippen LogP contribution in [0.4, 0.5) is 18.7 Å². The first-order valence-corrected chi connectivity index (χ1v) is 25.8. The molecule has 3 amide bonds. The highest BCUT2D eigenvalue weighted by molar-refractivity contribution is 7.59. The summed E-state index contributed by atoms with van der Waals surface area (Å²) in [4.78, 5) is 65.9. The first-order valence-electron chi connectivity index (χ1n) is 22.3. The first-order chi connectivity index (χ1) is 31.6. The van der Waals surface area contributed by atoms with Crippen LogP contribution >= 0.6 is 41.9 Å². The topological polar surface area (TPSA) is 181 Å². The van der Waals surface area contributed by atoms with Gasteiger partial charge in [0.2, 0.25) is 19.2 Å². The molecule has 6 atom stereocenters. The van der Waals surface area contributed by atoms with Gasteiger partial charge < -0.3 is 40.0 Å². The summed E-state index contributed by atoms with van der Waals surface area (Å²) in [7, 11) is -3.20. The van der Waals surface area contributed by atoms with E-state index in [2.05, 4.69) is 16.0 Å². The molecule has 1 unspecified atom stereocenters. The maximum absolute atomic E-state index is 15.2. The number of nitrogens with zero attached hydrogens (tertiary/aromatic N) is 3. The molecule has 2 aliphatic carbocycles. The molecule has 4 aliphatic rings. The van der Waals surface area contributed by atoms with Crippen molar-refractivity contribution in [2.75, 3.05) is 19.0 Å². The maximum Gasteiger partial charge on any atom is 0.408 e. The van der Waals surface area contributed by atoms with E-state index in [9.17, 15) is 23.8 Å². The minimum Gasteiger partial charge on any atom is -0.495 e. The summed E-state index contributed by atoms with van der Waals surface area (Å²) in [6, 6.07) is 4.86. The number of allylic oxidation sites excluding steroid dienone is 1. The summed E-state index contributed by atoms with van der Waals surface area (Å²) < 4.78 is 62.9. The van der Waals surface area contributed by atoms with Gasteiger partial charge in [0.15, 0.2) is 5.13 Å². The summed E-state index contributed by atoms with van der Waals surface area (Å²) in [6.07, 6.45) is 6.91. The molecule has 4 N–H and O–H groups in total. The Labute approximate surface area is 395 Å². The lowest BCUT2D eigenvalue weighted by Crippen LogP contribution is -2.55. The summed E-state index contributed by atoms with van der Waals surface area (Å²) in [5, 5.41) is 9.97. The van der Waals surface area contributed by atoms with Crippen molar-refractivity contribution in [3.63, 3.8) is 0 Å². The number of aromatic nitrogens is 2. The van der Waals surface area contributed by atoms with Gasteiger partial charge >= 0.3 is 6.09 Å². The van der Waals surface area contributed by atoms with Crippen molar-refractivity contribution < 1.29 is 46.8 Å². The zero-order valence-electron chi connectivity index (χ0n) is 36.8. The first kappa shape index (κ1) is 47.9. The Morgan fingerprint density at radius 1 is 1.05 bits per heavy atom. The smallest absolute Gasteiger partial charge is 0.408 e. The number of halogens is 4. The molecule has 14 nitrogen and oxygen atoms in total. The molecule has 4 heterocycles. The summed E-state index contributed by atoms with van der Waals surface area (Å²) >= 11 is 14.2. The zero-order valence-corrected chi connectivity index (χ0v) is 40.0. The van der Waals surface area contributed by atoms with Crippen LogP contribution < -0.4 is 25.4 Å². The van der Waals surface area contributed by atoms with Crippen LogP contribution in [0.15, 0.2) is 47.9 Å². The Morgan fingerprint density at radius 2 is 1.82 bits per heavy atom. The normalized spacial score (nSPS) is 25.3. The number of carbonyl (C=O) groups is 3. The van der Waals surface area contributed by atoms with Crippen molar-refractivity contribution in [1.29, 1.82) is 0 Å². The average molecular weight is 990 g/mol. The second-order valence-corrected chi connectivity index (χ2v) is 21.9. The molecule has 0 bridgehead atoms. The molecule has 2 aromatic heterocycles. The summed E-state index contributed by atoms with van der Waals surface area (Å²) in [5.74, 6) is -3.49. The van der Waals surface area contributed by atoms with Gasteiger partial charge in [-0.3, -0.25) is 14.2 Å². The number of anilines is 1. The van der Waals surface area contributed by atoms with Gasteiger partial charge in [-0.25, -0.2) is 23.5 Å².